The normalized spacial score (nSPS) is 52.2. The van der Waals surface area contributed by atoms with Gasteiger partial charge in [-0.1, -0.05) is 31.9 Å². The Hall–Kier alpha value is -0.630. The highest BCUT2D eigenvalue weighted by molar-refractivity contribution is 5.79. The average Bonchev–Trinajstić information content (AvgIpc) is 2.85. The number of allylic oxidation sites excluding steroid dienone is 1. The Morgan fingerprint density at radius 1 is 1.13 bits per heavy atom. The molecule has 0 aromatic carbocycles. The zero-order valence-electron chi connectivity index (χ0n) is 15.0. The van der Waals surface area contributed by atoms with Gasteiger partial charge in [0.2, 0.25) is 0 Å². The highest BCUT2D eigenvalue weighted by Crippen LogP contribution is 2.66. The first-order valence-corrected chi connectivity index (χ1v) is 9.77. The largest absolute Gasteiger partial charge is 0.389 e. The third kappa shape index (κ3) is 2.06. The number of aliphatic hydroxyl groups is 1. The van der Waals surface area contributed by atoms with E-state index in [9.17, 15) is 9.90 Å². The molecule has 0 saturated heterocycles. The molecular formula is C21H32O2. The number of rotatable bonds is 1. The molecule has 128 valence electrons. The van der Waals surface area contributed by atoms with E-state index in [2.05, 4.69) is 19.9 Å². The Morgan fingerprint density at radius 3 is 2.65 bits per heavy atom. The van der Waals surface area contributed by atoms with Crippen LogP contribution in [0.3, 0.4) is 0 Å². The molecule has 0 aromatic rings. The lowest BCUT2D eigenvalue weighted by molar-refractivity contribution is -0.130. The lowest BCUT2D eigenvalue weighted by atomic mass is 9.47. The van der Waals surface area contributed by atoms with E-state index in [1.54, 1.807) is 12.5 Å². The minimum atomic E-state index is -0.281. The topological polar surface area (TPSA) is 37.3 Å². The predicted octanol–water partition coefficient (Wildman–Crippen LogP) is 4.52. The van der Waals surface area contributed by atoms with Crippen molar-refractivity contribution in [2.24, 2.45) is 34.5 Å². The van der Waals surface area contributed by atoms with Gasteiger partial charge in [-0.2, -0.15) is 0 Å². The van der Waals surface area contributed by atoms with Crippen molar-refractivity contribution < 1.29 is 9.90 Å². The molecule has 1 N–H and O–H groups in total. The van der Waals surface area contributed by atoms with E-state index >= 15 is 0 Å². The molecule has 3 fully saturated rings. The summed E-state index contributed by atoms with van der Waals surface area (Å²) in [5, 5.41) is 11.0. The molecule has 23 heavy (non-hydrogen) atoms. The molecule has 4 aliphatic rings. The summed E-state index contributed by atoms with van der Waals surface area (Å²) in [6.45, 7) is 6.60. The summed E-state index contributed by atoms with van der Waals surface area (Å²) >= 11 is 0. The van der Waals surface area contributed by atoms with Crippen molar-refractivity contribution in [1.82, 2.24) is 0 Å². The van der Waals surface area contributed by atoms with Crippen molar-refractivity contribution in [3.8, 4) is 0 Å². The molecule has 0 aromatic heterocycles. The van der Waals surface area contributed by atoms with Crippen LogP contribution in [0.2, 0.25) is 0 Å². The molecule has 3 saturated carbocycles. The smallest absolute Gasteiger partial charge is 0.133 e. The van der Waals surface area contributed by atoms with Crippen molar-refractivity contribution in [2.45, 2.75) is 78.2 Å². The van der Waals surface area contributed by atoms with Gasteiger partial charge < -0.3 is 5.11 Å². The third-order valence-corrected chi connectivity index (χ3v) is 8.53. The fraction of sp³-hybridized carbons (Fsp3) is 0.857. The number of hydrogen-bond acceptors (Lipinski definition) is 2. The van der Waals surface area contributed by atoms with Crippen LogP contribution < -0.4 is 0 Å². The molecular weight excluding hydrogens is 284 g/mol. The fourth-order valence-electron chi connectivity index (χ4n) is 7.35. The van der Waals surface area contributed by atoms with E-state index < -0.39 is 0 Å². The Labute approximate surface area is 140 Å². The van der Waals surface area contributed by atoms with Gasteiger partial charge in [-0.3, -0.25) is 4.79 Å². The van der Waals surface area contributed by atoms with Crippen LogP contribution in [0.15, 0.2) is 11.6 Å². The first-order valence-electron chi connectivity index (χ1n) is 9.77. The maximum absolute atomic E-state index is 12.2. The fourth-order valence-corrected chi connectivity index (χ4v) is 7.35. The van der Waals surface area contributed by atoms with Crippen molar-refractivity contribution in [3.63, 3.8) is 0 Å². The summed E-state index contributed by atoms with van der Waals surface area (Å²) in [6.07, 6.45) is 11.6. The number of Topliss-reactive ketones (excluding diaryl/α,β-unsaturated/α-hetero) is 1. The van der Waals surface area contributed by atoms with E-state index in [1.807, 2.05) is 0 Å². The lowest BCUT2D eigenvalue weighted by Gasteiger charge is -2.58. The molecule has 4 aliphatic carbocycles. The van der Waals surface area contributed by atoms with E-state index in [1.165, 1.54) is 38.5 Å². The molecule has 0 bridgehead atoms. The number of carbonyl (C=O) groups is 1. The summed E-state index contributed by atoms with van der Waals surface area (Å²) in [5.41, 5.74) is 1.99. The summed E-state index contributed by atoms with van der Waals surface area (Å²) in [4.78, 5) is 12.2. The van der Waals surface area contributed by atoms with E-state index in [0.717, 1.165) is 12.8 Å². The Morgan fingerprint density at radius 2 is 1.91 bits per heavy atom. The molecule has 0 aliphatic heterocycles. The number of hydrogen-bond donors (Lipinski definition) is 1. The van der Waals surface area contributed by atoms with Crippen LogP contribution in [-0.4, -0.2) is 17.0 Å². The SMILES string of the molecule is CC(=O)[C@H]1CC[C@H]2[C@@H]3C(O)C=C4CCCC[C@]4(C)[C@H]3CC[C@]12C. The molecule has 0 amide bonds. The second-order valence-corrected chi connectivity index (χ2v) is 9.38. The molecule has 2 heteroatoms. The molecule has 4 rings (SSSR count). The number of aliphatic hydroxyl groups excluding tert-OH is 1. The second-order valence-electron chi connectivity index (χ2n) is 9.38. The zero-order valence-corrected chi connectivity index (χ0v) is 15.0. The van der Waals surface area contributed by atoms with Gasteiger partial charge in [0, 0.05) is 5.92 Å². The van der Waals surface area contributed by atoms with Gasteiger partial charge in [-0.25, -0.2) is 0 Å². The van der Waals surface area contributed by atoms with Crippen LogP contribution in [-0.2, 0) is 4.79 Å². The Bertz CT molecular complexity index is 550. The van der Waals surface area contributed by atoms with Crippen LogP contribution in [0, 0.1) is 34.5 Å². The van der Waals surface area contributed by atoms with Crippen LogP contribution in [0.5, 0.6) is 0 Å². The number of carbonyl (C=O) groups excluding carboxylic acids is 1. The molecule has 0 spiro atoms. The lowest BCUT2D eigenvalue weighted by Crippen LogP contribution is -2.54. The highest BCUT2D eigenvalue weighted by Gasteiger charge is 2.60. The van der Waals surface area contributed by atoms with Crippen molar-refractivity contribution in [3.05, 3.63) is 11.6 Å². The van der Waals surface area contributed by atoms with Crippen LogP contribution in [0.25, 0.3) is 0 Å². The number of ketones is 1. The van der Waals surface area contributed by atoms with Gasteiger partial charge in [0.1, 0.15) is 5.78 Å². The minimum Gasteiger partial charge on any atom is -0.389 e. The Kier molecular flexibility index (Phi) is 3.58. The number of fused-ring (bicyclic) bond motifs is 5. The van der Waals surface area contributed by atoms with E-state index in [-0.39, 0.29) is 17.4 Å². The maximum Gasteiger partial charge on any atom is 0.133 e. The third-order valence-electron chi connectivity index (χ3n) is 8.53. The average molecular weight is 316 g/mol. The monoisotopic (exact) mass is 316 g/mol. The molecule has 0 heterocycles. The summed E-state index contributed by atoms with van der Waals surface area (Å²) in [7, 11) is 0. The first-order chi connectivity index (χ1) is 10.9. The van der Waals surface area contributed by atoms with Gasteiger partial charge >= 0.3 is 0 Å². The molecule has 0 radical (unpaired) electrons. The van der Waals surface area contributed by atoms with Gasteiger partial charge in [0.05, 0.1) is 6.10 Å². The highest BCUT2D eigenvalue weighted by atomic mass is 16.3. The summed E-state index contributed by atoms with van der Waals surface area (Å²) in [5.74, 6) is 2.14. The van der Waals surface area contributed by atoms with Crippen molar-refractivity contribution in [2.75, 3.05) is 0 Å². The maximum atomic E-state index is 12.2. The van der Waals surface area contributed by atoms with Crippen molar-refractivity contribution >= 4 is 5.78 Å². The van der Waals surface area contributed by atoms with Crippen LogP contribution in [0.1, 0.15) is 72.1 Å². The van der Waals surface area contributed by atoms with Crippen LogP contribution >= 0.6 is 0 Å². The van der Waals surface area contributed by atoms with Gasteiger partial charge in [-0.15, -0.1) is 0 Å². The standard InChI is InChI=1S/C21H32O2/c1-13(22)15-7-8-16-19-17(9-11-21(15,16)3)20(2)10-5-4-6-14(20)12-18(19)23/h12,15-19,23H,4-11H2,1-3H3/t15-,16+,17+,18?,19+,20+,21-/m1/s1. The molecule has 7 atom stereocenters. The van der Waals surface area contributed by atoms with Gasteiger partial charge in [-0.05, 0) is 80.5 Å². The molecule has 1 unspecified atom stereocenters. The van der Waals surface area contributed by atoms with E-state index in [4.69, 9.17) is 0 Å². The van der Waals surface area contributed by atoms with Gasteiger partial charge in [0.25, 0.3) is 0 Å². The predicted molar refractivity (Wildman–Crippen MR) is 91.9 cm³/mol. The van der Waals surface area contributed by atoms with Crippen molar-refractivity contribution in [1.29, 1.82) is 0 Å². The Balaban J connectivity index is 1.73. The summed E-state index contributed by atoms with van der Waals surface area (Å²) in [6, 6.07) is 0. The van der Waals surface area contributed by atoms with E-state index in [0.29, 0.717) is 29.0 Å². The zero-order chi connectivity index (χ0) is 16.4. The second kappa shape index (κ2) is 5.18. The quantitative estimate of drug-likeness (QED) is 0.722. The van der Waals surface area contributed by atoms with Gasteiger partial charge in [0.15, 0.2) is 0 Å². The summed E-state index contributed by atoms with van der Waals surface area (Å²) < 4.78 is 0. The molecule has 2 nitrogen and oxygen atoms in total. The first kappa shape index (κ1) is 15.9. The van der Waals surface area contributed by atoms with Crippen LogP contribution in [0.4, 0.5) is 0 Å². The minimum absolute atomic E-state index is 0.129.